The lowest BCUT2D eigenvalue weighted by Crippen LogP contribution is -2.39. The van der Waals surface area contributed by atoms with Gasteiger partial charge >= 0.3 is 0 Å². The first-order valence-electron chi connectivity index (χ1n) is 7.38. The molecule has 0 bridgehead atoms. The van der Waals surface area contributed by atoms with Crippen LogP contribution in [-0.2, 0) is 4.74 Å². The van der Waals surface area contributed by atoms with Crippen molar-refractivity contribution in [1.82, 2.24) is 5.32 Å². The van der Waals surface area contributed by atoms with E-state index in [2.05, 4.69) is 33.0 Å². The average molecular weight is 241 g/mol. The minimum absolute atomic E-state index is 0.252. The van der Waals surface area contributed by atoms with Crippen LogP contribution in [0.25, 0.3) is 0 Å². The maximum atomic E-state index is 5.67. The topological polar surface area (TPSA) is 21.3 Å². The molecule has 102 valence electrons. The van der Waals surface area contributed by atoms with Gasteiger partial charge in [-0.15, -0.1) is 0 Å². The number of nitrogens with one attached hydrogen (secondary N) is 1. The van der Waals surface area contributed by atoms with Gasteiger partial charge in [-0.05, 0) is 58.9 Å². The second-order valence-corrected chi connectivity index (χ2v) is 6.47. The van der Waals surface area contributed by atoms with Crippen molar-refractivity contribution in [3.8, 4) is 0 Å². The molecular weight excluding hydrogens is 210 g/mol. The Labute approximate surface area is 108 Å². The molecule has 2 atom stereocenters. The van der Waals surface area contributed by atoms with Gasteiger partial charge in [-0.2, -0.15) is 0 Å². The molecule has 1 heterocycles. The van der Waals surface area contributed by atoms with Crippen LogP contribution >= 0.6 is 0 Å². The van der Waals surface area contributed by atoms with Gasteiger partial charge in [-0.25, -0.2) is 0 Å². The summed E-state index contributed by atoms with van der Waals surface area (Å²) in [5, 5.41) is 3.62. The van der Waals surface area contributed by atoms with E-state index in [1.807, 2.05) is 0 Å². The van der Waals surface area contributed by atoms with Crippen LogP contribution in [0.1, 0.15) is 66.2 Å². The van der Waals surface area contributed by atoms with E-state index in [0.29, 0.717) is 6.10 Å². The second kappa shape index (κ2) is 7.38. The van der Waals surface area contributed by atoms with E-state index in [9.17, 15) is 0 Å². The summed E-state index contributed by atoms with van der Waals surface area (Å²) in [6.07, 6.45) is 8.36. The van der Waals surface area contributed by atoms with E-state index in [0.717, 1.165) is 19.1 Å². The van der Waals surface area contributed by atoms with Gasteiger partial charge in [0.25, 0.3) is 0 Å². The van der Waals surface area contributed by atoms with Gasteiger partial charge in [0.2, 0.25) is 0 Å². The molecular formula is C15H31NO. The normalized spacial score (nSPS) is 22.9. The molecule has 1 saturated heterocycles. The Morgan fingerprint density at radius 3 is 2.65 bits per heavy atom. The largest absolute Gasteiger partial charge is 0.378 e. The molecule has 0 aromatic rings. The summed E-state index contributed by atoms with van der Waals surface area (Å²) in [6.45, 7) is 11.2. The molecule has 1 N–H and O–H groups in total. The minimum Gasteiger partial charge on any atom is -0.378 e. The van der Waals surface area contributed by atoms with E-state index < -0.39 is 0 Å². The third kappa shape index (κ3) is 7.05. The molecule has 0 aliphatic carbocycles. The van der Waals surface area contributed by atoms with Crippen LogP contribution in [0.5, 0.6) is 0 Å². The fourth-order valence-electron chi connectivity index (χ4n) is 2.41. The predicted molar refractivity (Wildman–Crippen MR) is 74.4 cm³/mol. The Bertz CT molecular complexity index is 192. The highest BCUT2D eigenvalue weighted by Gasteiger charge is 2.17. The van der Waals surface area contributed by atoms with Crippen molar-refractivity contribution >= 4 is 0 Å². The zero-order valence-electron chi connectivity index (χ0n) is 12.2. The quantitative estimate of drug-likeness (QED) is 0.733. The van der Waals surface area contributed by atoms with E-state index >= 15 is 0 Å². The molecule has 0 aromatic carbocycles. The van der Waals surface area contributed by atoms with E-state index in [4.69, 9.17) is 4.74 Å². The van der Waals surface area contributed by atoms with E-state index in [1.54, 1.807) is 0 Å². The number of hydrogen-bond acceptors (Lipinski definition) is 2. The summed E-state index contributed by atoms with van der Waals surface area (Å²) in [4.78, 5) is 0. The van der Waals surface area contributed by atoms with E-state index in [1.165, 1.54) is 38.5 Å². The lowest BCUT2D eigenvalue weighted by molar-refractivity contribution is 0.100. The third-order valence-electron chi connectivity index (χ3n) is 3.66. The molecule has 0 aromatic heterocycles. The van der Waals surface area contributed by atoms with Gasteiger partial charge in [0, 0.05) is 12.1 Å². The predicted octanol–water partition coefficient (Wildman–Crippen LogP) is 3.75. The van der Waals surface area contributed by atoms with Gasteiger partial charge in [0.1, 0.15) is 0 Å². The summed E-state index contributed by atoms with van der Waals surface area (Å²) >= 11 is 0. The Morgan fingerprint density at radius 1 is 1.35 bits per heavy atom. The standard InChI is InChI=1S/C15H31NO/c1-5-13(12-16-15(2,3)4)8-6-9-14-10-7-11-17-14/h13-14,16H,5-12H2,1-4H3. The van der Waals surface area contributed by atoms with Gasteiger partial charge in [0.15, 0.2) is 0 Å². The summed E-state index contributed by atoms with van der Waals surface area (Å²) in [7, 11) is 0. The van der Waals surface area contributed by atoms with Crippen LogP contribution in [0.4, 0.5) is 0 Å². The zero-order valence-corrected chi connectivity index (χ0v) is 12.2. The van der Waals surface area contributed by atoms with Gasteiger partial charge in [-0.3, -0.25) is 0 Å². The average Bonchev–Trinajstić information content (AvgIpc) is 2.74. The smallest absolute Gasteiger partial charge is 0.0576 e. The van der Waals surface area contributed by atoms with Crippen molar-refractivity contribution in [1.29, 1.82) is 0 Å². The third-order valence-corrected chi connectivity index (χ3v) is 3.66. The number of hydrogen-bond donors (Lipinski definition) is 1. The molecule has 0 spiro atoms. The van der Waals surface area contributed by atoms with Crippen molar-refractivity contribution in [3.05, 3.63) is 0 Å². The van der Waals surface area contributed by atoms with Crippen LogP contribution in [0.2, 0.25) is 0 Å². The second-order valence-electron chi connectivity index (χ2n) is 6.47. The van der Waals surface area contributed by atoms with Gasteiger partial charge in [-0.1, -0.05) is 19.8 Å². The highest BCUT2D eigenvalue weighted by molar-refractivity contribution is 4.73. The lowest BCUT2D eigenvalue weighted by Gasteiger charge is -2.25. The van der Waals surface area contributed by atoms with Crippen molar-refractivity contribution in [3.63, 3.8) is 0 Å². The zero-order chi connectivity index (χ0) is 12.7. The fourth-order valence-corrected chi connectivity index (χ4v) is 2.41. The molecule has 2 heteroatoms. The number of rotatable bonds is 7. The Balaban J connectivity index is 2.09. The molecule has 0 radical (unpaired) electrons. The van der Waals surface area contributed by atoms with E-state index in [-0.39, 0.29) is 5.54 Å². The van der Waals surface area contributed by atoms with Crippen molar-refractivity contribution in [2.45, 2.75) is 77.9 Å². The minimum atomic E-state index is 0.252. The molecule has 1 aliphatic heterocycles. The monoisotopic (exact) mass is 241 g/mol. The van der Waals surface area contributed by atoms with Gasteiger partial charge in [0.05, 0.1) is 6.10 Å². The molecule has 1 fully saturated rings. The molecule has 17 heavy (non-hydrogen) atoms. The van der Waals surface area contributed by atoms with Crippen LogP contribution in [0.3, 0.4) is 0 Å². The first-order valence-corrected chi connectivity index (χ1v) is 7.38. The summed E-state index contributed by atoms with van der Waals surface area (Å²) in [5.41, 5.74) is 0.252. The maximum Gasteiger partial charge on any atom is 0.0576 e. The molecule has 0 saturated carbocycles. The SMILES string of the molecule is CCC(CCCC1CCCO1)CNC(C)(C)C. The fraction of sp³-hybridized carbons (Fsp3) is 1.00. The molecule has 1 aliphatic rings. The highest BCUT2D eigenvalue weighted by atomic mass is 16.5. The van der Waals surface area contributed by atoms with Crippen molar-refractivity contribution in [2.24, 2.45) is 5.92 Å². The lowest BCUT2D eigenvalue weighted by atomic mass is 9.96. The molecule has 2 nitrogen and oxygen atoms in total. The first kappa shape index (κ1) is 15.0. The van der Waals surface area contributed by atoms with Gasteiger partial charge < -0.3 is 10.1 Å². The molecule has 1 rings (SSSR count). The van der Waals surface area contributed by atoms with Crippen molar-refractivity contribution < 1.29 is 4.74 Å². The Morgan fingerprint density at radius 2 is 2.12 bits per heavy atom. The highest BCUT2D eigenvalue weighted by Crippen LogP contribution is 2.20. The van der Waals surface area contributed by atoms with Crippen LogP contribution in [-0.4, -0.2) is 24.8 Å². The van der Waals surface area contributed by atoms with Crippen LogP contribution in [0, 0.1) is 5.92 Å². The number of ether oxygens (including phenoxy) is 1. The maximum absolute atomic E-state index is 5.67. The van der Waals surface area contributed by atoms with Crippen LogP contribution in [0.15, 0.2) is 0 Å². The Kier molecular flexibility index (Phi) is 6.50. The summed E-state index contributed by atoms with van der Waals surface area (Å²) in [5.74, 6) is 0.829. The Hall–Kier alpha value is -0.0800. The van der Waals surface area contributed by atoms with Crippen LogP contribution < -0.4 is 5.32 Å². The molecule has 0 amide bonds. The first-order chi connectivity index (χ1) is 8.01. The summed E-state index contributed by atoms with van der Waals surface area (Å²) < 4.78 is 5.67. The summed E-state index contributed by atoms with van der Waals surface area (Å²) in [6, 6.07) is 0. The van der Waals surface area contributed by atoms with Crippen molar-refractivity contribution in [2.75, 3.05) is 13.2 Å². The molecule has 2 unspecified atom stereocenters.